The van der Waals surface area contributed by atoms with Crippen LogP contribution >= 0.6 is 23.2 Å². The van der Waals surface area contributed by atoms with Crippen LogP contribution in [-0.2, 0) is 25.6 Å². The van der Waals surface area contributed by atoms with Crippen molar-refractivity contribution in [2.45, 2.75) is 51.6 Å². The van der Waals surface area contributed by atoms with Crippen molar-refractivity contribution in [3.05, 3.63) is 112 Å². The first-order chi connectivity index (χ1) is 23.3. The molecule has 1 aliphatic heterocycles. The number of para-hydroxylation sites is 1. The van der Waals surface area contributed by atoms with Gasteiger partial charge in [-0.25, -0.2) is 9.78 Å². The maximum Gasteiger partial charge on any atom is 0.426 e. The molecule has 8 nitrogen and oxygen atoms in total. The summed E-state index contributed by atoms with van der Waals surface area (Å²) in [5.74, 6) is -1.52. The molecule has 2 aromatic carbocycles. The van der Waals surface area contributed by atoms with Gasteiger partial charge in [0.1, 0.15) is 34.4 Å². The van der Waals surface area contributed by atoms with Gasteiger partial charge in [0, 0.05) is 30.4 Å². The van der Waals surface area contributed by atoms with Crippen molar-refractivity contribution in [3.63, 3.8) is 0 Å². The van der Waals surface area contributed by atoms with Crippen LogP contribution in [0, 0.1) is 28.6 Å². The highest BCUT2D eigenvalue weighted by Gasteiger charge is 2.62. The van der Waals surface area contributed by atoms with Crippen molar-refractivity contribution >= 4 is 35.1 Å². The molecular formula is C36H32Cl2F3N3O5. The lowest BCUT2D eigenvalue weighted by Gasteiger charge is -2.24. The third-order valence-corrected chi connectivity index (χ3v) is 8.96. The molecule has 3 aliphatic rings. The third kappa shape index (κ3) is 9.34. The topological polar surface area (TPSA) is 102 Å². The van der Waals surface area contributed by atoms with Crippen molar-refractivity contribution in [2.75, 3.05) is 6.61 Å². The number of ether oxygens (including phenoxy) is 3. The number of cyclic esters (lactones) is 1. The number of aromatic nitrogens is 1. The zero-order valence-corrected chi connectivity index (χ0v) is 28.0. The minimum absolute atomic E-state index is 0.245. The van der Waals surface area contributed by atoms with Crippen molar-refractivity contribution in [2.24, 2.45) is 17.3 Å². The predicted octanol–water partition coefficient (Wildman–Crippen LogP) is 8.68. The monoisotopic (exact) mass is 713 g/mol. The molecule has 2 fully saturated rings. The van der Waals surface area contributed by atoms with Gasteiger partial charge in [-0.2, -0.15) is 18.4 Å². The van der Waals surface area contributed by atoms with Crippen LogP contribution in [0.25, 0.3) is 0 Å². The summed E-state index contributed by atoms with van der Waals surface area (Å²) >= 11 is 11.1. The number of benzene rings is 2. The number of allylic oxidation sites excluding steroid dienone is 2. The molecule has 2 saturated carbocycles. The second-order valence-electron chi connectivity index (χ2n) is 12.4. The molecule has 256 valence electrons. The van der Waals surface area contributed by atoms with Crippen molar-refractivity contribution in [1.29, 1.82) is 5.26 Å². The molecular weight excluding hydrogens is 682 g/mol. The van der Waals surface area contributed by atoms with Gasteiger partial charge < -0.3 is 19.1 Å². The highest BCUT2D eigenvalue weighted by molar-refractivity contribution is 6.30. The number of carbonyl (C=O) groups is 2. The van der Waals surface area contributed by atoms with E-state index in [1.807, 2.05) is 30.3 Å². The maximum absolute atomic E-state index is 12.7. The summed E-state index contributed by atoms with van der Waals surface area (Å²) in [6.07, 6.45) is 0.633. The molecule has 2 heterocycles. The summed E-state index contributed by atoms with van der Waals surface area (Å²) in [4.78, 5) is 30.1. The molecule has 0 radical (unpaired) electrons. The Morgan fingerprint density at radius 1 is 1.14 bits per heavy atom. The highest BCUT2D eigenvalue weighted by Crippen LogP contribution is 2.60. The predicted molar refractivity (Wildman–Crippen MR) is 175 cm³/mol. The zero-order chi connectivity index (χ0) is 35.3. The number of pyridine rings is 1. The van der Waals surface area contributed by atoms with E-state index in [9.17, 15) is 28.0 Å². The van der Waals surface area contributed by atoms with E-state index >= 15 is 0 Å². The van der Waals surface area contributed by atoms with Crippen LogP contribution in [0.5, 0.6) is 11.5 Å². The van der Waals surface area contributed by atoms with E-state index in [4.69, 9.17) is 37.4 Å². The third-order valence-electron chi connectivity index (χ3n) is 8.40. The van der Waals surface area contributed by atoms with E-state index in [1.165, 1.54) is 12.8 Å². The van der Waals surface area contributed by atoms with Crippen molar-refractivity contribution in [3.8, 4) is 17.6 Å². The van der Waals surface area contributed by atoms with Gasteiger partial charge in [0.2, 0.25) is 6.10 Å². The molecule has 1 aromatic heterocycles. The molecule has 2 aliphatic carbocycles. The summed E-state index contributed by atoms with van der Waals surface area (Å²) in [5.41, 5.74) is 1.69. The van der Waals surface area contributed by atoms with Crippen molar-refractivity contribution in [1.82, 2.24) is 9.88 Å². The zero-order valence-electron chi connectivity index (χ0n) is 26.5. The summed E-state index contributed by atoms with van der Waals surface area (Å²) in [5, 5.41) is 8.73. The van der Waals surface area contributed by atoms with E-state index in [0.717, 1.165) is 23.9 Å². The number of nitrogens with zero attached hydrogens (tertiary/aromatic N) is 3. The number of alkyl halides is 3. The number of esters is 2. The fourth-order valence-electron chi connectivity index (χ4n) is 5.49. The highest BCUT2D eigenvalue weighted by atomic mass is 35.5. The first-order valence-electron chi connectivity index (χ1n) is 15.4. The molecule has 0 spiro atoms. The second kappa shape index (κ2) is 14.9. The SMILES string of the molecule is CC1(C)[C@H](C(=O)O[C@H](C#N)c2cccc(Oc3ccccc3)c2)[C@@H]1/C=C(\Cl)C(F)(F)F.O=C1C=C(N(Cc2ccc(Cl)nc2)C2CC2)CO1. The van der Waals surface area contributed by atoms with E-state index in [1.54, 1.807) is 68.6 Å². The fourth-order valence-corrected chi connectivity index (χ4v) is 5.74. The van der Waals surface area contributed by atoms with E-state index in [-0.39, 0.29) is 5.97 Å². The van der Waals surface area contributed by atoms with Gasteiger partial charge in [-0.15, -0.1) is 0 Å². The molecule has 3 atom stereocenters. The normalized spacial score (nSPS) is 20.1. The van der Waals surface area contributed by atoms with Gasteiger partial charge in [0.05, 0.1) is 11.6 Å². The minimum Gasteiger partial charge on any atom is -0.457 e. The molecule has 0 saturated heterocycles. The summed E-state index contributed by atoms with van der Waals surface area (Å²) < 4.78 is 54.2. The number of halogens is 5. The van der Waals surface area contributed by atoms with E-state index in [2.05, 4.69) is 9.88 Å². The Bertz CT molecular complexity index is 1770. The Labute approximate surface area is 291 Å². The van der Waals surface area contributed by atoms with Gasteiger partial charge in [0.25, 0.3) is 0 Å². The van der Waals surface area contributed by atoms with Crippen LogP contribution in [0.2, 0.25) is 5.15 Å². The minimum atomic E-state index is -4.68. The van der Waals surface area contributed by atoms with Crippen LogP contribution in [0.3, 0.4) is 0 Å². The van der Waals surface area contributed by atoms with E-state index in [0.29, 0.717) is 34.9 Å². The number of nitriles is 1. The second-order valence-corrected chi connectivity index (χ2v) is 13.2. The van der Waals surface area contributed by atoms with Crippen LogP contribution < -0.4 is 4.74 Å². The Kier molecular flexibility index (Phi) is 10.9. The quantitative estimate of drug-likeness (QED) is 0.152. The average Bonchev–Trinajstić information content (AvgIpc) is 3.94. The lowest BCUT2D eigenvalue weighted by atomic mass is 10.1. The summed E-state index contributed by atoms with van der Waals surface area (Å²) in [6, 6.07) is 21.7. The molecule has 3 aromatic rings. The van der Waals surface area contributed by atoms with Crippen LogP contribution in [0.1, 0.15) is 43.9 Å². The first kappa shape index (κ1) is 35.8. The molecule has 0 amide bonds. The van der Waals surface area contributed by atoms with Crippen molar-refractivity contribution < 1.29 is 37.0 Å². The molecule has 49 heavy (non-hydrogen) atoms. The van der Waals surface area contributed by atoms with Gasteiger partial charge in [-0.05, 0) is 60.1 Å². The van der Waals surface area contributed by atoms with Crippen LogP contribution in [0.4, 0.5) is 13.2 Å². The number of hydrogen-bond acceptors (Lipinski definition) is 8. The molecule has 13 heteroatoms. The lowest BCUT2D eigenvalue weighted by molar-refractivity contribution is -0.149. The summed E-state index contributed by atoms with van der Waals surface area (Å²) in [6.45, 7) is 4.43. The summed E-state index contributed by atoms with van der Waals surface area (Å²) in [7, 11) is 0. The number of rotatable bonds is 10. The molecule has 0 unspecified atom stereocenters. The Morgan fingerprint density at radius 3 is 2.45 bits per heavy atom. The largest absolute Gasteiger partial charge is 0.457 e. The van der Waals surface area contributed by atoms with Gasteiger partial charge in [0.15, 0.2) is 0 Å². The van der Waals surface area contributed by atoms with E-state index < -0.39 is 40.5 Å². The lowest BCUT2D eigenvalue weighted by Crippen LogP contribution is -2.25. The molecule has 0 bridgehead atoms. The van der Waals surface area contributed by atoms with Gasteiger partial charge >= 0.3 is 18.1 Å². The molecule has 0 N–H and O–H groups in total. The Morgan fingerprint density at radius 2 is 1.86 bits per heavy atom. The average molecular weight is 715 g/mol. The first-order valence-corrected chi connectivity index (χ1v) is 16.1. The molecule has 6 rings (SSSR count). The van der Waals surface area contributed by atoms with Gasteiger partial charge in [-0.3, -0.25) is 4.79 Å². The fraction of sp³-hybridized carbons (Fsp3) is 0.333. The number of hydrogen-bond donors (Lipinski definition) is 0. The Hall–Kier alpha value is -4.53. The Balaban J connectivity index is 0.000000219. The standard InChI is InChI=1S/C23H19ClF3NO3.C13H13ClN2O2/c1-22(2)17(12-19(24)23(25,26)27)20(22)21(29)31-18(13-28)14-7-6-10-16(11-14)30-15-8-4-3-5-9-15;14-12-4-1-9(6-15-12)7-16(10-2-3-10)11-5-13(17)18-8-11/h3-12,17-18,20H,1-2H3;1,4-6,10H,2-3,7-8H2/b19-12-;/t17-,18+,20-;/m0./s1. The maximum atomic E-state index is 12.7. The van der Waals surface area contributed by atoms with Crippen LogP contribution in [-0.4, -0.2) is 40.6 Å². The van der Waals surface area contributed by atoms with Crippen LogP contribution in [0.15, 0.2) is 95.8 Å². The van der Waals surface area contributed by atoms with Gasteiger partial charge in [-0.1, -0.05) is 79.5 Å². The number of carbonyl (C=O) groups excluding carboxylic acids is 2. The smallest absolute Gasteiger partial charge is 0.426 e.